The van der Waals surface area contributed by atoms with Crippen LogP contribution in [0.15, 0.2) is 27.6 Å². The Morgan fingerprint density at radius 1 is 1.60 bits per heavy atom. The zero-order valence-corrected chi connectivity index (χ0v) is 5.46. The van der Waals surface area contributed by atoms with E-state index in [0.717, 1.165) is 0 Å². The summed E-state index contributed by atoms with van der Waals surface area (Å²) < 4.78 is 4.44. The van der Waals surface area contributed by atoms with E-state index in [1.165, 1.54) is 25.3 Å². The second-order valence-electron chi connectivity index (χ2n) is 1.87. The molecule has 0 atom stereocenters. The minimum atomic E-state index is -0.574. The normalized spacial score (nSPS) is 9.30. The molecule has 0 unspecified atom stereocenters. The van der Waals surface area contributed by atoms with Gasteiger partial charge in [0.2, 0.25) is 0 Å². The topological polar surface area (TPSA) is 47.3 Å². The Labute approximate surface area is 57.3 Å². The fourth-order valence-electron chi connectivity index (χ4n) is 0.629. The minimum absolute atomic E-state index is 0.0995. The number of carbonyl (C=O) groups excluding carboxylic acids is 1. The van der Waals surface area contributed by atoms with Gasteiger partial charge in [-0.3, -0.25) is 4.79 Å². The average Bonchev–Trinajstić information content (AvgIpc) is 1.88. The van der Waals surface area contributed by atoms with E-state index in [0.29, 0.717) is 0 Å². The molecule has 0 bridgehead atoms. The third-order valence-corrected chi connectivity index (χ3v) is 1.12. The predicted octanol–water partition coefficient (Wildman–Crippen LogP) is 0.842. The van der Waals surface area contributed by atoms with Gasteiger partial charge in [-0.05, 0) is 19.1 Å². The Morgan fingerprint density at radius 3 is 2.70 bits per heavy atom. The van der Waals surface area contributed by atoms with Crippen LogP contribution in [0, 0.1) is 0 Å². The van der Waals surface area contributed by atoms with Crippen LogP contribution in [0.4, 0.5) is 0 Å². The molecule has 10 heavy (non-hydrogen) atoms. The van der Waals surface area contributed by atoms with E-state index in [9.17, 15) is 9.59 Å². The van der Waals surface area contributed by atoms with Crippen molar-refractivity contribution in [3.05, 3.63) is 34.4 Å². The first kappa shape index (κ1) is 6.74. The first-order valence-electron chi connectivity index (χ1n) is 2.80. The van der Waals surface area contributed by atoms with Crippen molar-refractivity contribution in [2.75, 3.05) is 0 Å². The molecule has 1 aromatic rings. The van der Waals surface area contributed by atoms with Crippen molar-refractivity contribution < 1.29 is 9.21 Å². The first-order chi connectivity index (χ1) is 4.72. The summed E-state index contributed by atoms with van der Waals surface area (Å²) in [7, 11) is 0. The molecule has 1 aromatic heterocycles. The quantitative estimate of drug-likeness (QED) is 0.540. The standard InChI is InChI=1S/C7H6O3/c1-5(8)6-3-2-4-10-7(6)9/h2-4H,1H3. The van der Waals surface area contributed by atoms with Crippen LogP contribution < -0.4 is 5.63 Å². The molecule has 0 amide bonds. The van der Waals surface area contributed by atoms with Gasteiger partial charge in [-0.25, -0.2) is 4.79 Å². The van der Waals surface area contributed by atoms with Gasteiger partial charge in [-0.2, -0.15) is 0 Å². The van der Waals surface area contributed by atoms with Gasteiger partial charge in [0.05, 0.1) is 6.26 Å². The molecule has 0 saturated carbocycles. The summed E-state index contributed by atoms with van der Waals surface area (Å²) in [5, 5.41) is 0. The van der Waals surface area contributed by atoms with Crippen molar-refractivity contribution in [3.63, 3.8) is 0 Å². The molecule has 0 aliphatic rings. The number of hydrogen-bond donors (Lipinski definition) is 0. The maximum Gasteiger partial charge on any atom is 0.346 e. The minimum Gasteiger partial charge on any atom is -0.431 e. The van der Waals surface area contributed by atoms with Crippen LogP contribution in [0.2, 0.25) is 0 Å². The number of Topliss-reactive ketones (excluding diaryl/α,β-unsaturated/α-hetero) is 1. The Morgan fingerprint density at radius 2 is 2.30 bits per heavy atom. The van der Waals surface area contributed by atoms with Crippen LogP contribution in [0.25, 0.3) is 0 Å². The largest absolute Gasteiger partial charge is 0.431 e. The van der Waals surface area contributed by atoms with E-state index in [-0.39, 0.29) is 11.3 Å². The lowest BCUT2D eigenvalue weighted by Crippen LogP contribution is -2.09. The van der Waals surface area contributed by atoms with Gasteiger partial charge in [-0.1, -0.05) is 0 Å². The second-order valence-corrected chi connectivity index (χ2v) is 1.87. The molecular weight excluding hydrogens is 132 g/mol. The molecule has 0 aromatic carbocycles. The van der Waals surface area contributed by atoms with Gasteiger partial charge in [0.15, 0.2) is 5.78 Å². The molecule has 3 heteroatoms. The fraction of sp³-hybridized carbons (Fsp3) is 0.143. The van der Waals surface area contributed by atoms with Gasteiger partial charge < -0.3 is 4.42 Å². The molecule has 0 aliphatic heterocycles. The third-order valence-electron chi connectivity index (χ3n) is 1.12. The molecule has 0 N–H and O–H groups in total. The van der Waals surface area contributed by atoms with E-state index in [2.05, 4.69) is 4.42 Å². The van der Waals surface area contributed by atoms with E-state index < -0.39 is 5.63 Å². The van der Waals surface area contributed by atoms with Crippen molar-refractivity contribution in [2.45, 2.75) is 6.92 Å². The summed E-state index contributed by atoms with van der Waals surface area (Å²) in [6.07, 6.45) is 1.24. The van der Waals surface area contributed by atoms with Crippen LogP contribution in [0.1, 0.15) is 17.3 Å². The van der Waals surface area contributed by atoms with Crippen LogP contribution in [0.3, 0.4) is 0 Å². The summed E-state index contributed by atoms with van der Waals surface area (Å²) in [6, 6.07) is 2.95. The van der Waals surface area contributed by atoms with Gasteiger partial charge in [-0.15, -0.1) is 0 Å². The van der Waals surface area contributed by atoms with Crippen molar-refractivity contribution in [2.24, 2.45) is 0 Å². The monoisotopic (exact) mass is 138 g/mol. The summed E-state index contributed by atoms with van der Waals surface area (Å²) in [5.74, 6) is -0.269. The third kappa shape index (κ3) is 1.13. The lowest BCUT2D eigenvalue weighted by Gasteiger charge is -1.87. The second kappa shape index (κ2) is 2.47. The average molecular weight is 138 g/mol. The predicted molar refractivity (Wildman–Crippen MR) is 35.0 cm³/mol. The summed E-state index contributed by atoms with van der Waals surface area (Å²) in [6.45, 7) is 1.33. The van der Waals surface area contributed by atoms with E-state index >= 15 is 0 Å². The van der Waals surface area contributed by atoms with Crippen molar-refractivity contribution in [3.8, 4) is 0 Å². The summed E-state index contributed by atoms with van der Waals surface area (Å²) in [5.41, 5.74) is -0.475. The maximum absolute atomic E-state index is 10.7. The van der Waals surface area contributed by atoms with Crippen LogP contribution in [-0.4, -0.2) is 5.78 Å². The number of ketones is 1. The Balaban J connectivity index is 3.29. The molecule has 1 heterocycles. The molecule has 3 nitrogen and oxygen atoms in total. The van der Waals surface area contributed by atoms with Crippen LogP contribution in [-0.2, 0) is 0 Å². The first-order valence-corrected chi connectivity index (χ1v) is 2.80. The smallest absolute Gasteiger partial charge is 0.346 e. The lowest BCUT2D eigenvalue weighted by molar-refractivity contribution is 0.101. The zero-order valence-electron chi connectivity index (χ0n) is 5.46. The van der Waals surface area contributed by atoms with E-state index in [4.69, 9.17) is 0 Å². The molecule has 0 spiro atoms. The Kier molecular flexibility index (Phi) is 1.67. The fourth-order valence-corrected chi connectivity index (χ4v) is 0.629. The highest BCUT2D eigenvalue weighted by Gasteiger charge is 2.03. The van der Waals surface area contributed by atoms with Gasteiger partial charge in [0.25, 0.3) is 0 Å². The van der Waals surface area contributed by atoms with Crippen molar-refractivity contribution in [1.82, 2.24) is 0 Å². The molecule has 0 aliphatic carbocycles. The van der Waals surface area contributed by atoms with Gasteiger partial charge >= 0.3 is 5.63 Å². The molecular formula is C7H6O3. The number of rotatable bonds is 1. The SMILES string of the molecule is CC(=O)c1cccoc1=O. The van der Waals surface area contributed by atoms with Crippen LogP contribution >= 0.6 is 0 Å². The van der Waals surface area contributed by atoms with Crippen LogP contribution in [0.5, 0.6) is 0 Å². The maximum atomic E-state index is 10.7. The molecule has 0 saturated heterocycles. The van der Waals surface area contributed by atoms with E-state index in [1.807, 2.05) is 0 Å². The Hall–Kier alpha value is -1.38. The molecule has 52 valence electrons. The van der Waals surface area contributed by atoms with Gasteiger partial charge in [0.1, 0.15) is 5.56 Å². The van der Waals surface area contributed by atoms with Crippen molar-refractivity contribution >= 4 is 5.78 Å². The highest BCUT2D eigenvalue weighted by Crippen LogP contribution is 1.90. The Bertz CT molecular complexity index is 298. The zero-order chi connectivity index (χ0) is 7.56. The molecule has 0 fully saturated rings. The molecule has 0 radical (unpaired) electrons. The number of carbonyl (C=O) groups is 1. The van der Waals surface area contributed by atoms with Gasteiger partial charge in [0, 0.05) is 0 Å². The highest BCUT2D eigenvalue weighted by molar-refractivity contribution is 5.93. The summed E-state index contributed by atoms with van der Waals surface area (Å²) >= 11 is 0. The summed E-state index contributed by atoms with van der Waals surface area (Å²) in [4.78, 5) is 21.3. The number of hydrogen-bond acceptors (Lipinski definition) is 3. The van der Waals surface area contributed by atoms with E-state index in [1.54, 1.807) is 0 Å². The lowest BCUT2D eigenvalue weighted by atomic mass is 10.2. The molecule has 1 rings (SSSR count). The highest BCUT2D eigenvalue weighted by atomic mass is 16.4. The van der Waals surface area contributed by atoms with Crippen molar-refractivity contribution in [1.29, 1.82) is 0 Å².